The number of benzene rings is 2. The summed E-state index contributed by atoms with van der Waals surface area (Å²) in [5.41, 5.74) is 2.52. The van der Waals surface area contributed by atoms with E-state index in [-0.39, 0.29) is 23.1 Å². The van der Waals surface area contributed by atoms with Crippen LogP contribution in [-0.2, 0) is 11.2 Å². The molecular weight excluding hydrogens is 307 g/mol. The van der Waals surface area contributed by atoms with Gasteiger partial charge in [0.05, 0.1) is 0 Å². The molecule has 0 atom stereocenters. The Hall–Kier alpha value is -2.82. The van der Waals surface area contributed by atoms with Crippen molar-refractivity contribution in [3.05, 3.63) is 58.9 Å². The predicted molar refractivity (Wildman–Crippen MR) is 92.5 cm³/mol. The molecule has 0 aliphatic rings. The number of carbonyl (C=O) groups excluding carboxylic acids is 1. The van der Waals surface area contributed by atoms with Crippen LogP contribution in [0.1, 0.15) is 42.3 Å². The molecule has 0 aromatic heterocycles. The van der Waals surface area contributed by atoms with E-state index in [1.807, 2.05) is 6.92 Å². The van der Waals surface area contributed by atoms with Crippen LogP contribution in [0.15, 0.2) is 36.4 Å². The zero-order valence-electron chi connectivity index (χ0n) is 13.9. The van der Waals surface area contributed by atoms with Crippen LogP contribution in [0.5, 0.6) is 0 Å². The fourth-order valence-corrected chi connectivity index (χ4v) is 2.60. The highest BCUT2D eigenvalue weighted by Crippen LogP contribution is 2.30. The number of ether oxygens (including phenoxy) is 1. The first-order valence-electron chi connectivity index (χ1n) is 7.59. The van der Waals surface area contributed by atoms with Crippen molar-refractivity contribution < 1.29 is 13.9 Å². The zero-order chi connectivity index (χ0) is 17.9. The number of aryl methyl sites for hydroxylation is 1. The number of hydrogen-bond acceptors (Lipinski definition) is 4. The summed E-state index contributed by atoms with van der Waals surface area (Å²) in [6.07, 6.45) is 0.636. The quantitative estimate of drug-likeness (QED) is 0.489. The third-order valence-corrected chi connectivity index (χ3v) is 3.66. The van der Waals surface area contributed by atoms with Crippen molar-refractivity contribution in [3.8, 4) is 11.1 Å². The average molecular weight is 326 g/mol. The minimum Gasteiger partial charge on any atom is -0.426 e. The molecule has 2 aromatic rings. The Morgan fingerprint density at radius 2 is 1.71 bits per heavy atom. The molecule has 0 bridgehead atoms. The molecule has 4 nitrogen and oxygen atoms in total. The first kappa shape index (κ1) is 17.5. The highest BCUT2D eigenvalue weighted by atomic mass is 19.1. The average Bonchev–Trinajstić information content (AvgIpc) is 2.54. The van der Waals surface area contributed by atoms with Crippen molar-refractivity contribution in [2.75, 3.05) is 0 Å². The van der Waals surface area contributed by atoms with Gasteiger partial charge in [-0.25, -0.2) is 4.39 Å². The second kappa shape index (κ2) is 7.17. The summed E-state index contributed by atoms with van der Waals surface area (Å²) in [6.45, 7) is 4.79. The maximum Gasteiger partial charge on any atom is 0.220 e. The topological polar surface area (TPSA) is 74.0 Å². The van der Waals surface area contributed by atoms with Crippen molar-refractivity contribution in [2.24, 2.45) is 0 Å². The fraction of sp³-hybridized carbons (Fsp3) is 0.211. The van der Waals surface area contributed by atoms with Crippen molar-refractivity contribution >= 4 is 17.6 Å². The molecule has 0 aliphatic carbocycles. The van der Waals surface area contributed by atoms with Crippen LogP contribution in [0.2, 0.25) is 0 Å². The molecular formula is C19H19FN2O2. The number of ketones is 1. The van der Waals surface area contributed by atoms with Crippen LogP contribution in [-0.4, -0.2) is 17.6 Å². The van der Waals surface area contributed by atoms with Gasteiger partial charge < -0.3 is 4.74 Å². The molecule has 2 aromatic carbocycles. The van der Waals surface area contributed by atoms with Crippen LogP contribution in [0.3, 0.4) is 0 Å². The van der Waals surface area contributed by atoms with E-state index in [0.29, 0.717) is 23.1 Å². The molecule has 0 radical (unpaired) electrons. The zero-order valence-corrected chi connectivity index (χ0v) is 13.9. The van der Waals surface area contributed by atoms with Gasteiger partial charge in [-0.15, -0.1) is 0 Å². The molecule has 0 heterocycles. The molecule has 0 unspecified atom stereocenters. The highest BCUT2D eigenvalue weighted by Gasteiger charge is 2.18. The smallest absolute Gasteiger partial charge is 0.220 e. The maximum absolute atomic E-state index is 14.4. The summed E-state index contributed by atoms with van der Waals surface area (Å²) in [7, 11) is 0. The highest BCUT2D eigenvalue weighted by molar-refractivity contribution is 6.03. The van der Waals surface area contributed by atoms with Crippen LogP contribution in [0, 0.1) is 16.6 Å². The van der Waals surface area contributed by atoms with Gasteiger partial charge in [-0.3, -0.25) is 15.6 Å². The van der Waals surface area contributed by atoms with Gasteiger partial charge in [0.2, 0.25) is 5.90 Å². The predicted octanol–water partition coefficient (Wildman–Crippen LogP) is 4.60. The molecule has 0 saturated heterocycles. The largest absolute Gasteiger partial charge is 0.426 e. The first-order valence-corrected chi connectivity index (χ1v) is 7.59. The number of Topliss-reactive ketones (excluding diaryl/α,β-unsaturated/α-hetero) is 1. The third kappa shape index (κ3) is 3.56. The third-order valence-electron chi connectivity index (χ3n) is 3.66. The van der Waals surface area contributed by atoms with E-state index in [1.165, 1.54) is 19.9 Å². The van der Waals surface area contributed by atoms with Crippen LogP contribution in [0.4, 0.5) is 4.39 Å². The molecule has 5 heteroatoms. The second-order valence-corrected chi connectivity index (χ2v) is 5.43. The molecule has 0 spiro atoms. The molecule has 2 N–H and O–H groups in total. The van der Waals surface area contributed by atoms with Gasteiger partial charge in [0.1, 0.15) is 5.82 Å². The normalized spacial score (nSPS) is 10.3. The van der Waals surface area contributed by atoms with E-state index in [2.05, 4.69) is 0 Å². The van der Waals surface area contributed by atoms with Gasteiger partial charge in [0, 0.05) is 23.6 Å². The monoisotopic (exact) mass is 326 g/mol. The minimum atomic E-state index is -0.452. The van der Waals surface area contributed by atoms with E-state index >= 15 is 0 Å². The molecule has 24 heavy (non-hydrogen) atoms. The molecule has 2 rings (SSSR count). The summed E-state index contributed by atoms with van der Waals surface area (Å²) in [5.74, 6) is -0.860. The Labute approximate surface area is 140 Å². The summed E-state index contributed by atoms with van der Waals surface area (Å²) >= 11 is 0. The van der Waals surface area contributed by atoms with Gasteiger partial charge in [-0.2, -0.15) is 0 Å². The van der Waals surface area contributed by atoms with Gasteiger partial charge in [-0.05, 0) is 42.7 Å². The molecule has 0 fully saturated rings. The number of rotatable bonds is 4. The Morgan fingerprint density at radius 3 is 2.21 bits per heavy atom. The lowest BCUT2D eigenvalue weighted by molar-refractivity contribution is 0.101. The molecule has 124 valence electrons. The summed E-state index contributed by atoms with van der Waals surface area (Å²) in [6, 6.07) is 9.54. The Kier molecular flexibility index (Phi) is 5.24. The lowest BCUT2D eigenvalue weighted by atomic mass is 9.91. The standard InChI is InChI=1S/C19H19FN2O2/c1-4-13-9-10-16(20)18(17(13)11(2)23)14-5-7-15(8-6-14)19(22)24-12(3)21/h5-10,21-22H,4H2,1-3H3. The van der Waals surface area contributed by atoms with Gasteiger partial charge in [-0.1, -0.05) is 25.1 Å². The Morgan fingerprint density at radius 1 is 1.08 bits per heavy atom. The lowest BCUT2D eigenvalue weighted by Crippen LogP contribution is -2.09. The fourth-order valence-electron chi connectivity index (χ4n) is 2.60. The summed E-state index contributed by atoms with van der Waals surface area (Å²) in [5, 5.41) is 15.0. The van der Waals surface area contributed by atoms with E-state index in [0.717, 1.165) is 5.56 Å². The van der Waals surface area contributed by atoms with Crippen molar-refractivity contribution in [1.82, 2.24) is 0 Å². The van der Waals surface area contributed by atoms with E-state index in [4.69, 9.17) is 15.6 Å². The van der Waals surface area contributed by atoms with E-state index < -0.39 is 5.82 Å². The number of halogens is 1. The summed E-state index contributed by atoms with van der Waals surface area (Å²) < 4.78 is 19.3. The van der Waals surface area contributed by atoms with Crippen molar-refractivity contribution in [3.63, 3.8) is 0 Å². The van der Waals surface area contributed by atoms with Gasteiger partial charge in [0.15, 0.2) is 11.7 Å². The second-order valence-electron chi connectivity index (χ2n) is 5.43. The Bertz CT molecular complexity index is 811. The Balaban J connectivity index is 2.51. The van der Waals surface area contributed by atoms with E-state index in [1.54, 1.807) is 30.3 Å². The van der Waals surface area contributed by atoms with Crippen LogP contribution in [0.25, 0.3) is 11.1 Å². The number of carbonyl (C=O) groups is 1. The number of hydrogen-bond donors (Lipinski definition) is 2. The van der Waals surface area contributed by atoms with Crippen LogP contribution < -0.4 is 0 Å². The molecule has 0 saturated carbocycles. The summed E-state index contributed by atoms with van der Waals surface area (Å²) in [4.78, 5) is 12.0. The van der Waals surface area contributed by atoms with Crippen molar-refractivity contribution in [2.45, 2.75) is 27.2 Å². The SMILES string of the molecule is CCc1ccc(F)c(-c2ccc(C(=N)OC(C)=N)cc2)c1C(C)=O. The van der Waals surface area contributed by atoms with E-state index in [9.17, 15) is 9.18 Å². The van der Waals surface area contributed by atoms with Gasteiger partial charge >= 0.3 is 0 Å². The molecule has 0 amide bonds. The molecule has 0 aliphatic heterocycles. The first-order chi connectivity index (χ1) is 11.3. The number of nitrogens with one attached hydrogen (secondary N) is 2. The maximum atomic E-state index is 14.4. The minimum absolute atomic E-state index is 0.0790. The van der Waals surface area contributed by atoms with Crippen LogP contribution >= 0.6 is 0 Å². The van der Waals surface area contributed by atoms with Gasteiger partial charge in [0.25, 0.3) is 0 Å². The lowest BCUT2D eigenvalue weighted by Gasteiger charge is -2.14. The van der Waals surface area contributed by atoms with Crippen molar-refractivity contribution in [1.29, 1.82) is 10.8 Å².